The molecule has 0 aliphatic carbocycles. The molecule has 0 fully saturated rings. The number of benzene rings is 1. The van der Waals surface area contributed by atoms with Crippen molar-refractivity contribution in [2.24, 2.45) is 4.40 Å². The second kappa shape index (κ2) is 5.43. The van der Waals surface area contributed by atoms with Crippen LogP contribution in [0.2, 0.25) is 0 Å². The Kier molecular flexibility index (Phi) is 3.38. The lowest BCUT2D eigenvalue weighted by Crippen LogP contribution is -2.42. The van der Waals surface area contributed by atoms with Crippen molar-refractivity contribution >= 4 is 21.5 Å². The molecule has 0 spiro atoms. The Labute approximate surface area is 133 Å². The molecule has 0 bridgehead atoms. The van der Waals surface area contributed by atoms with E-state index in [9.17, 15) is 8.42 Å². The van der Waals surface area contributed by atoms with Crippen LogP contribution in [0.1, 0.15) is 12.2 Å². The molecule has 1 aromatic carbocycles. The lowest BCUT2D eigenvalue weighted by Gasteiger charge is -2.25. The first-order valence-corrected chi connectivity index (χ1v) is 8.86. The second-order valence-corrected chi connectivity index (χ2v) is 7.18. The highest BCUT2D eigenvalue weighted by atomic mass is 32.2. The van der Waals surface area contributed by atoms with Crippen molar-refractivity contribution in [3.63, 3.8) is 0 Å². The van der Waals surface area contributed by atoms with Crippen LogP contribution in [0.4, 0.5) is 5.69 Å². The van der Waals surface area contributed by atoms with Crippen molar-refractivity contribution in [1.82, 2.24) is 20.1 Å². The molecular weight excluding hydrogens is 316 g/mol. The maximum Gasteiger partial charge on any atom is 0.286 e. The van der Waals surface area contributed by atoms with Gasteiger partial charge in [0.15, 0.2) is 0 Å². The highest BCUT2D eigenvalue weighted by Crippen LogP contribution is 2.26. The first-order chi connectivity index (χ1) is 11.1. The van der Waals surface area contributed by atoms with E-state index in [-0.39, 0.29) is 10.9 Å². The number of hydrogen-bond acceptors (Lipinski definition) is 6. The van der Waals surface area contributed by atoms with Crippen molar-refractivity contribution in [3.05, 3.63) is 36.4 Å². The van der Waals surface area contributed by atoms with Crippen LogP contribution in [0.25, 0.3) is 0 Å². The van der Waals surface area contributed by atoms with Crippen LogP contribution in [0, 0.1) is 0 Å². The number of rotatable bonds is 3. The van der Waals surface area contributed by atoms with Gasteiger partial charge in [0.2, 0.25) is 0 Å². The molecule has 1 aromatic heterocycles. The van der Waals surface area contributed by atoms with Crippen LogP contribution < -0.4 is 10.6 Å². The van der Waals surface area contributed by atoms with Gasteiger partial charge in [0.1, 0.15) is 22.9 Å². The van der Waals surface area contributed by atoms with Crippen LogP contribution in [0.5, 0.6) is 0 Å². The predicted molar refractivity (Wildman–Crippen MR) is 84.8 cm³/mol. The fourth-order valence-electron chi connectivity index (χ4n) is 2.89. The number of fused-ring (bicyclic) bond motifs is 2. The Hall–Kier alpha value is -2.26. The largest absolute Gasteiger partial charge is 0.341 e. The van der Waals surface area contributed by atoms with Crippen molar-refractivity contribution in [3.8, 4) is 0 Å². The number of nitrogens with one attached hydrogen (secondary N) is 2. The van der Waals surface area contributed by atoms with E-state index in [1.54, 1.807) is 30.6 Å². The number of aromatic nitrogens is 3. The SMILES string of the molecule is O=S1(=O)N=C(CNC2CCc3ncnn3C2)Nc2ccccc21. The minimum absolute atomic E-state index is 0.216. The maximum atomic E-state index is 12.2. The summed E-state index contributed by atoms with van der Waals surface area (Å²) in [6, 6.07) is 7.00. The molecule has 1 atom stereocenters. The molecule has 8 nitrogen and oxygen atoms in total. The lowest BCUT2D eigenvalue weighted by molar-refractivity contribution is 0.372. The summed E-state index contributed by atoms with van der Waals surface area (Å²) in [4.78, 5) is 4.41. The number of anilines is 1. The third kappa shape index (κ3) is 2.73. The van der Waals surface area contributed by atoms with E-state index < -0.39 is 10.0 Å². The van der Waals surface area contributed by atoms with Crippen molar-refractivity contribution in [1.29, 1.82) is 0 Å². The van der Waals surface area contributed by atoms with Gasteiger partial charge < -0.3 is 10.6 Å². The van der Waals surface area contributed by atoms with Gasteiger partial charge in [0.25, 0.3) is 10.0 Å². The molecule has 1 unspecified atom stereocenters. The summed E-state index contributed by atoms with van der Waals surface area (Å²) in [5.74, 6) is 1.40. The fourth-order valence-corrected chi connectivity index (χ4v) is 4.04. The van der Waals surface area contributed by atoms with Gasteiger partial charge in [0, 0.05) is 12.5 Å². The standard InChI is InChI=1S/C14H16N6O2S/c21-23(22)12-4-2-1-3-11(12)18-13(19-23)7-15-10-5-6-14-16-9-17-20(14)8-10/h1-4,9-10,15H,5-8H2,(H,18,19). The topological polar surface area (TPSA) is 101 Å². The highest BCUT2D eigenvalue weighted by Gasteiger charge is 2.25. The molecule has 4 rings (SSSR count). The minimum atomic E-state index is -3.63. The van der Waals surface area contributed by atoms with Gasteiger partial charge in [-0.1, -0.05) is 12.1 Å². The summed E-state index contributed by atoms with van der Waals surface area (Å²) in [6.45, 7) is 1.09. The number of nitrogens with zero attached hydrogens (tertiary/aromatic N) is 4. The molecule has 0 radical (unpaired) electrons. The first kappa shape index (κ1) is 14.3. The summed E-state index contributed by atoms with van der Waals surface area (Å²) in [5.41, 5.74) is 0.571. The average molecular weight is 332 g/mol. The number of aryl methyl sites for hydroxylation is 1. The van der Waals surface area contributed by atoms with Gasteiger partial charge in [-0.3, -0.25) is 0 Å². The molecule has 23 heavy (non-hydrogen) atoms. The third-order valence-corrected chi connectivity index (χ3v) is 5.41. The third-order valence-electron chi connectivity index (χ3n) is 4.04. The number of para-hydroxylation sites is 1. The number of sulfonamides is 1. The van der Waals surface area contributed by atoms with E-state index >= 15 is 0 Å². The Morgan fingerprint density at radius 1 is 1.35 bits per heavy atom. The van der Waals surface area contributed by atoms with Crippen molar-refractivity contribution < 1.29 is 8.42 Å². The van der Waals surface area contributed by atoms with E-state index in [1.807, 2.05) is 4.68 Å². The Morgan fingerprint density at radius 3 is 3.13 bits per heavy atom. The predicted octanol–water partition coefficient (Wildman–Crippen LogP) is 0.395. The number of amidine groups is 1. The van der Waals surface area contributed by atoms with Crippen LogP contribution in [0.15, 0.2) is 39.9 Å². The van der Waals surface area contributed by atoms with E-state index in [4.69, 9.17) is 0 Å². The molecule has 3 heterocycles. The van der Waals surface area contributed by atoms with Gasteiger partial charge in [-0.2, -0.15) is 13.5 Å². The zero-order chi connectivity index (χ0) is 15.9. The molecule has 2 aromatic rings. The van der Waals surface area contributed by atoms with Gasteiger partial charge >= 0.3 is 0 Å². The van der Waals surface area contributed by atoms with E-state index in [1.165, 1.54) is 0 Å². The van der Waals surface area contributed by atoms with Crippen LogP contribution in [0.3, 0.4) is 0 Å². The molecule has 0 saturated heterocycles. The monoisotopic (exact) mass is 332 g/mol. The van der Waals surface area contributed by atoms with E-state index in [2.05, 4.69) is 25.1 Å². The molecule has 0 saturated carbocycles. The summed E-state index contributed by atoms with van der Waals surface area (Å²) in [7, 11) is -3.63. The smallest absolute Gasteiger partial charge is 0.286 e. The van der Waals surface area contributed by atoms with Gasteiger partial charge in [-0.05, 0) is 18.6 Å². The molecule has 2 aliphatic heterocycles. The summed E-state index contributed by atoms with van der Waals surface area (Å²) in [6.07, 6.45) is 3.36. The Bertz CT molecular complexity index is 873. The Morgan fingerprint density at radius 2 is 2.22 bits per heavy atom. The number of hydrogen-bond donors (Lipinski definition) is 2. The zero-order valence-electron chi connectivity index (χ0n) is 12.3. The highest BCUT2D eigenvalue weighted by molar-refractivity contribution is 7.90. The van der Waals surface area contributed by atoms with E-state index in [0.29, 0.717) is 18.1 Å². The minimum Gasteiger partial charge on any atom is -0.341 e. The van der Waals surface area contributed by atoms with Gasteiger partial charge in [-0.15, -0.1) is 4.40 Å². The van der Waals surface area contributed by atoms with Crippen LogP contribution in [-0.4, -0.2) is 41.6 Å². The van der Waals surface area contributed by atoms with Gasteiger partial charge in [-0.25, -0.2) is 9.67 Å². The quantitative estimate of drug-likeness (QED) is 0.843. The normalized spacial score (nSPS) is 21.7. The second-order valence-electron chi connectivity index (χ2n) is 5.61. The average Bonchev–Trinajstić information content (AvgIpc) is 3.00. The van der Waals surface area contributed by atoms with Crippen molar-refractivity contribution in [2.45, 2.75) is 30.3 Å². The van der Waals surface area contributed by atoms with Crippen LogP contribution >= 0.6 is 0 Å². The van der Waals surface area contributed by atoms with E-state index in [0.717, 1.165) is 25.2 Å². The van der Waals surface area contributed by atoms with Crippen molar-refractivity contribution in [2.75, 3.05) is 11.9 Å². The lowest BCUT2D eigenvalue weighted by atomic mass is 10.1. The summed E-state index contributed by atoms with van der Waals surface area (Å²) < 4.78 is 30.1. The summed E-state index contributed by atoms with van der Waals surface area (Å²) >= 11 is 0. The Balaban J connectivity index is 1.46. The first-order valence-electron chi connectivity index (χ1n) is 7.42. The molecule has 2 aliphatic rings. The fraction of sp³-hybridized carbons (Fsp3) is 0.357. The summed E-state index contributed by atoms with van der Waals surface area (Å²) in [5, 5.41) is 10.6. The van der Waals surface area contributed by atoms with Gasteiger partial charge in [0.05, 0.1) is 18.8 Å². The molecular formula is C14H16N6O2S. The maximum absolute atomic E-state index is 12.2. The molecule has 0 amide bonds. The zero-order valence-corrected chi connectivity index (χ0v) is 13.1. The molecule has 2 N–H and O–H groups in total. The van der Waals surface area contributed by atoms with Crippen LogP contribution in [-0.2, 0) is 23.0 Å². The molecule has 120 valence electrons. The molecule has 9 heteroatoms.